The van der Waals surface area contributed by atoms with E-state index in [1.807, 2.05) is 0 Å². The van der Waals surface area contributed by atoms with E-state index in [9.17, 15) is 18.8 Å². The SMILES string of the molecule is CNC(=O)CN1C(=O)NC(Cc2ccc(F)cc2)(C2CCNCC2)C1=O.Cl. The molecule has 2 aliphatic rings. The Labute approximate surface area is 163 Å². The summed E-state index contributed by atoms with van der Waals surface area (Å²) in [5, 5.41) is 8.55. The van der Waals surface area contributed by atoms with Crippen LogP contribution in [-0.2, 0) is 16.0 Å². The van der Waals surface area contributed by atoms with E-state index in [1.165, 1.54) is 19.2 Å². The highest BCUT2D eigenvalue weighted by atomic mass is 35.5. The van der Waals surface area contributed by atoms with Crippen LogP contribution in [0.2, 0.25) is 0 Å². The van der Waals surface area contributed by atoms with Gasteiger partial charge in [-0.1, -0.05) is 12.1 Å². The molecule has 2 heterocycles. The van der Waals surface area contributed by atoms with Crippen molar-refractivity contribution in [3.05, 3.63) is 35.6 Å². The van der Waals surface area contributed by atoms with Crippen LogP contribution >= 0.6 is 12.4 Å². The van der Waals surface area contributed by atoms with Crippen molar-refractivity contribution in [2.45, 2.75) is 24.8 Å². The second kappa shape index (κ2) is 8.67. The Hall–Kier alpha value is -2.19. The van der Waals surface area contributed by atoms with Crippen LogP contribution in [0.4, 0.5) is 9.18 Å². The molecule has 2 aliphatic heterocycles. The first-order valence-electron chi connectivity index (χ1n) is 8.76. The van der Waals surface area contributed by atoms with Crippen molar-refractivity contribution in [2.24, 2.45) is 5.92 Å². The molecule has 1 aromatic carbocycles. The number of urea groups is 1. The number of hydrogen-bond donors (Lipinski definition) is 3. The number of piperidine rings is 1. The first kappa shape index (κ1) is 21.1. The molecule has 3 N–H and O–H groups in total. The number of benzene rings is 1. The maximum Gasteiger partial charge on any atom is 0.325 e. The molecule has 1 atom stereocenters. The molecule has 3 rings (SSSR count). The first-order chi connectivity index (χ1) is 12.5. The van der Waals surface area contributed by atoms with Gasteiger partial charge >= 0.3 is 6.03 Å². The number of carbonyl (C=O) groups excluding carboxylic acids is 3. The van der Waals surface area contributed by atoms with Crippen molar-refractivity contribution < 1.29 is 18.8 Å². The molecule has 0 saturated carbocycles. The molecule has 0 aliphatic carbocycles. The molecule has 2 saturated heterocycles. The lowest BCUT2D eigenvalue weighted by Crippen LogP contribution is -2.57. The largest absolute Gasteiger partial charge is 0.358 e. The quantitative estimate of drug-likeness (QED) is 0.641. The third-order valence-electron chi connectivity index (χ3n) is 5.21. The summed E-state index contributed by atoms with van der Waals surface area (Å²) in [5.74, 6) is -1.20. The van der Waals surface area contributed by atoms with Gasteiger partial charge in [0.1, 0.15) is 17.9 Å². The van der Waals surface area contributed by atoms with E-state index >= 15 is 0 Å². The average Bonchev–Trinajstić information content (AvgIpc) is 2.89. The summed E-state index contributed by atoms with van der Waals surface area (Å²) in [6.45, 7) is 1.21. The minimum Gasteiger partial charge on any atom is -0.358 e. The van der Waals surface area contributed by atoms with Crippen LogP contribution in [0, 0.1) is 11.7 Å². The maximum atomic E-state index is 13.2. The van der Waals surface area contributed by atoms with Crippen molar-refractivity contribution in [2.75, 3.05) is 26.7 Å². The summed E-state index contributed by atoms with van der Waals surface area (Å²) in [6.07, 6.45) is 1.74. The Balaban J connectivity index is 0.00000261. The van der Waals surface area contributed by atoms with Gasteiger partial charge in [0.2, 0.25) is 5.91 Å². The van der Waals surface area contributed by atoms with E-state index in [0.717, 1.165) is 36.4 Å². The van der Waals surface area contributed by atoms with E-state index in [-0.39, 0.29) is 43.0 Å². The van der Waals surface area contributed by atoms with Gasteiger partial charge in [-0.05, 0) is 49.5 Å². The second-order valence-corrected chi connectivity index (χ2v) is 6.79. The third-order valence-corrected chi connectivity index (χ3v) is 5.21. The summed E-state index contributed by atoms with van der Waals surface area (Å²) < 4.78 is 13.2. The first-order valence-corrected chi connectivity index (χ1v) is 8.76. The number of nitrogens with zero attached hydrogens (tertiary/aromatic N) is 1. The van der Waals surface area contributed by atoms with E-state index in [4.69, 9.17) is 0 Å². The Kier molecular flexibility index (Phi) is 6.78. The fourth-order valence-electron chi connectivity index (χ4n) is 3.79. The van der Waals surface area contributed by atoms with E-state index in [1.54, 1.807) is 12.1 Å². The van der Waals surface area contributed by atoms with Crippen molar-refractivity contribution in [1.82, 2.24) is 20.9 Å². The fraction of sp³-hybridized carbons (Fsp3) is 0.500. The molecule has 2 fully saturated rings. The second-order valence-electron chi connectivity index (χ2n) is 6.79. The van der Waals surface area contributed by atoms with E-state index in [0.29, 0.717) is 0 Å². The number of nitrogens with one attached hydrogen (secondary N) is 3. The lowest BCUT2D eigenvalue weighted by molar-refractivity contribution is -0.136. The molecule has 0 radical (unpaired) electrons. The zero-order valence-corrected chi connectivity index (χ0v) is 15.9. The number of amides is 4. The van der Waals surface area contributed by atoms with Gasteiger partial charge in [0.15, 0.2) is 0 Å². The molecule has 0 bridgehead atoms. The van der Waals surface area contributed by atoms with Gasteiger partial charge in [-0.25, -0.2) is 9.18 Å². The topological polar surface area (TPSA) is 90.5 Å². The standard InChI is InChI=1S/C18H23FN4O3.ClH/c1-20-15(24)11-23-16(25)18(22-17(23)26,13-6-8-21-9-7-13)10-12-2-4-14(19)5-3-12;/h2-5,13,21H,6-11H2,1H3,(H,20,24)(H,22,26);1H. The molecule has 1 aromatic rings. The Bertz CT molecular complexity index is 709. The number of imide groups is 1. The van der Waals surface area contributed by atoms with Crippen molar-refractivity contribution in [1.29, 1.82) is 0 Å². The van der Waals surface area contributed by atoms with E-state index < -0.39 is 17.5 Å². The molecular weight excluding hydrogens is 375 g/mol. The highest BCUT2D eigenvalue weighted by Crippen LogP contribution is 2.35. The normalized spacial score (nSPS) is 23.0. The maximum absolute atomic E-state index is 13.2. The number of carbonyl (C=O) groups is 3. The lowest BCUT2D eigenvalue weighted by atomic mass is 9.74. The number of hydrogen-bond acceptors (Lipinski definition) is 4. The number of halogens is 2. The smallest absolute Gasteiger partial charge is 0.325 e. The molecule has 9 heteroatoms. The Morgan fingerprint density at radius 2 is 1.89 bits per heavy atom. The predicted octanol–water partition coefficient (Wildman–Crippen LogP) is 0.826. The fourth-order valence-corrected chi connectivity index (χ4v) is 3.79. The van der Waals surface area contributed by atoms with Crippen molar-refractivity contribution in [3.63, 3.8) is 0 Å². The van der Waals surface area contributed by atoms with Gasteiger partial charge in [-0.2, -0.15) is 0 Å². The zero-order chi connectivity index (χ0) is 18.7. The molecule has 27 heavy (non-hydrogen) atoms. The monoisotopic (exact) mass is 398 g/mol. The molecule has 7 nitrogen and oxygen atoms in total. The predicted molar refractivity (Wildman–Crippen MR) is 100.0 cm³/mol. The van der Waals surface area contributed by atoms with Crippen LogP contribution in [0.3, 0.4) is 0 Å². The van der Waals surface area contributed by atoms with Gasteiger partial charge < -0.3 is 16.0 Å². The number of likely N-dealkylation sites (N-methyl/N-ethyl adjacent to an activating group) is 1. The van der Waals surface area contributed by atoms with Gasteiger partial charge in [0.05, 0.1) is 0 Å². The third kappa shape index (κ3) is 4.22. The summed E-state index contributed by atoms with van der Waals surface area (Å²) in [5.41, 5.74) is -0.342. The number of rotatable bonds is 5. The highest BCUT2D eigenvalue weighted by Gasteiger charge is 2.55. The van der Waals surface area contributed by atoms with Gasteiger partial charge in [0, 0.05) is 13.5 Å². The van der Waals surface area contributed by atoms with Crippen LogP contribution in [0.5, 0.6) is 0 Å². The van der Waals surface area contributed by atoms with Crippen LogP contribution in [0.25, 0.3) is 0 Å². The molecule has 148 valence electrons. The van der Waals surface area contributed by atoms with Gasteiger partial charge in [-0.15, -0.1) is 12.4 Å². The summed E-state index contributed by atoms with van der Waals surface area (Å²) >= 11 is 0. The summed E-state index contributed by atoms with van der Waals surface area (Å²) in [4.78, 5) is 38.4. The highest BCUT2D eigenvalue weighted by molar-refractivity contribution is 6.09. The minimum absolute atomic E-state index is 0. The molecule has 4 amide bonds. The van der Waals surface area contributed by atoms with Gasteiger partial charge in [-0.3, -0.25) is 14.5 Å². The lowest BCUT2D eigenvalue weighted by Gasteiger charge is -2.38. The molecule has 0 spiro atoms. The van der Waals surface area contributed by atoms with Crippen LogP contribution in [0.15, 0.2) is 24.3 Å². The van der Waals surface area contributed by atoms with Gasteiger partial charge in [0.25, 0.3) is 5.91 Å². The van der Waals surface area contributed by atoms with E-state index in [2.05, 4.69) is 16.0 Å². The van der Waals surface area contributed by atoms with Crippen LogP contribution in [0.1, 0.15) is 18.4 Å². The summed E-state index contributed by atoms with van der Waals surface area (Å²) in [7, 11) is 1.46. The average molecular weight is 399 g/mol. The van der Waals surface area contributed by atoms with Crippen LogP contribution in [-0.4, -0.2) is 55.0 Å². The molecule has 1 unspecified atom stereocenters. The van der Waals surface area contributed by atoms with Crippen molar-refractivity contribution >= 4 is 30.3 Å². The Morgan fingerprint density at radius 1 is 1.26 bits per heavy atom. The molecule has 0 aromatic heterocycles. The Morgan fingerprint density at radius 3 is 2.48 bits per heavy atom. The zero-order valence-electron chi connectivity index (χ0n) is 15.1. The van der Waals surface area contributed by atoms with Crippen LogP contribution < -0.4 is 16.0 Å². The van der Waals surface area contributed by atoms with Crippen molar-refractivity contribution in [3.8, 4) is 0 Å². The minimum atomic E-state index is -1.11. The molecular formula is C18H24ClFN4O3. The summed E-state index contributed by atoms with van der Waals surface area (Å²) in [6, 6.07) is 5.38.